The number of carbonyl (C=O) groups is 3. The first-order valence-electron chi connectivity index (χ1n) is 5.97. The summed E-state index contributed by atoms with van der Waals surface area (Å²) < 4.78 is 0. The quantitative estimate of drug-likeness (QED) is 0.853. The molecule has 2 amide bonds. The van der Waals surface area contributed by atoms with Gasteiger partial charge in [0.2, 0.25) is 0 Å². The SMILES string of the molecule is O=C(Cc1ccc[nH]1)ON1C(=O)c2ccccc2C1=O. The fourth-order valence-electron chi connectivity index (χ4n) is 2.02. The summed E-state index contributed by atoms with van der Waals surface area (Å²) in [5.74, 6) is -1.92. The Morgan fingerprint density at radius 1 is 1.05 bits per heavy atom. The van der Waals surface area contributed by atoms with Crippen LogP contribution in [0.3, 0.4) is 0 Å². The van der Waals surface area contributed by atoms with Crippen molar-refractivity contribution in [2.45, 2.75) is 6.42 Å². The van der Waals surface area contributed by atoms with E-state index in [1.54, 1.807) is 30.5 Å². The van der Waals surface area contributed by atoms with E-state index in [4.69, 9.17) is 4.84 Å². The zero-order valence-corrected chi connectivity index (χ0v) is 10.3. The Bertz CT molecular complexity index is 656. The summed E-state index contributed by atoms with van der Waals surface area (Å²) in [5.41, 5.74) is 1.13. The number of imide groups is 1. The molecule has 0 bridgehead atoms. The Balaban J connectivity index is 1.75. The molecule has 1 aromatic carbocycles. The van der Waals surface area contributed by atoms with Gasteiger partial charge in [-0.05, 0) is 24.3 Å². The van der Waals surface area contributed by atoms with Gasteiger partial charge in [-0.15, -0.1) is 0 Å². The van der Waals surface area contributed by atoms with Gasteiger partial charge in [-0.1, -0.05) is 17.2 Å². The van der Waals surface area contributed by atoms with Crippen LogP contribution in [0.4, 0.5) is 0 Å². The van der Waals surface area contributed by atoms with Gasteiger partial charge in [-0.2, -0.15) is 0 Å². The van der Waals surface area contributed by atoms with E-state index in [0.717, 1.165) is 0 Å². The molecule has 1 N–H and O–H groups in total. The highest BCUT2D eigenvalue weighted by Crippen LogP contribution is 2.22. The van der Waals surface area contributed by atoms with Gasteiger partial charge in [0.15, 0.2) is 0 Å². The van der Waals surface area contributed by atoms with Crippen LogP contribution >= 0.6 is 0 Å². The monoisotopic (exact) mass is 270 g/mol. The molecular formula is C14H10N2O4. The molecule has 0 aliphatic carbocycles. The van der Waals surface area contributed by atoms with Crippen LogP contribution in [0.1, 0.15) is 26.4 Å². The van der Waals surface area contributed by atoms with Gasteiger partial charge in [0, 0.05) is 11.9 Å². The second-order valence-electron chi connectivity index (χ2n) is 4.29. The van der Waals surface area contributed by atoms with Gasteiger partial charge in [0.25, 0.3) is 11.8 Å². The molecule has 100 valence electrons. The summed E-state index contributed by atoms with van der Waals surface area (Å²) >= 11 is 0. The molecule has 0 spiro atoms. The maximum atomic E-state index is 12.0. The van der Waals surface area contributed by atoms with Gasteiger partial charge in [0.05, 0.1) is 17.5 Å². The second-order valence-corrected chi connectivity index (χ2v) is 4.29. The van der Waals surface area contributed by atoms with Crippen LogP contribution in [0, 0.1) is 0 Å². The lowest BCUT2D eigenvalue weighted by Crippen LogP contribution is -2.33. The van der Waals surface area contributed by atoms with Crippen molar-refractivity contribution < 1.29 is 19.2 Å². The number of aromatic nitrogens is 1. The summed E-state index contributed by atoms with van der Waals surface area (Å²) in [7, 11) is 0. The van der Waals surface area contributed by atoms with Gasteiger partial charge in [-0.3, -0.25) is 9.59 Å². The zero-order valence-electron chi connectivity index (χ0n) is 10.3. The molecule has 0 radical (unpaired) electrons. The topological polar surface area (TPSA) is 79.5 Å². The van der Waals surface area contributed by atoms with Gasteiger partial charge in [0.1, 0.15) is 0 Å². The molecule has 1 aliphatic heterocycles. The summed E-state index contributed by atoms with van der Waals surface area (Å²) in [6, 6.07) is 9.79. The van der Waals surface area contributed by atoms with Crippen molar-refractivity contribution in [2.24, 2.45) is 0 Å². The number of nitrogens with zero attached hydrogens (tertiary/aromatic N) is 1. The van der Waals surface area contributed by atoms with Crippen molar-refractivity contribution in [3.05, 3.63) is 59.4 Å². The lowest BCUT2D eigenvalue weighted by molar-refractivity contribution is -0.167. The molecule has 0 atom stereocenters. The van der Waals surface area contributed by atoms with Crippen molar-refractivity contribution in [2.75, 3.05) is 0 Å². The summed E-state index contributed by atoms with van der Waals surface area (Å²) in [5, 5.41) is 0.510. The summed E-state index contributed by atoms with van der Waals surface area (Å²) in [6.07, 6.45) is 1.63. The molecule has 6 heteroatoms. The molecule has 6 nitrogen and oxygen atoms in total. The van der Waals surface area contributed by atoms with Gasteiger partial charge >= 0.3 is 5.97 Å². The molecule has 2 heterocycles. The van der Waals surface area contributed by atoms with Crippen molar-refractivity contribution in [3.63, 3.8) is 0 Å². The van der Waals surface area contributed by atoms with Crippen LogP contribution in [0.5, 0.6) is 0 Å². The molecule has 0 unspecified atom stereocenters. The van der Waals surface area contributed by atoms with E-state index in [1.807, 2.05) is 0 Å². The van der Waals surface area contributed by atoms with E-state index in [1.165, 1.54) is 12.1 Å². The maximum absolute atomic E-state index is 12.0. The number of amides is 2. The molecule has 1 aromatic heterocycles. The number of carbonyl (C=O) groups excluding carboxylic acids is 3. The van der Waals surface area contributed by atoms with Crippen LogP contribution in [-0.4, -0.2) is 27.8 Å². The average Bonchev–Trinajstić information content (AvgIpc) is 3.03. The highest BCUT2D eigenvalue weighted by molar-refractivity contribution is 6.20. The first-order valence-corrected chi connectivity index (χ1v) is 5.97. The minimum absolute atomic E-state index is 0.0413. The number of aromatic amines is 1. The standard InChI is InChI=1S/C14H10N2O4/c17-12(8-9-4-3-7-15-9)20-16-13(18)10-5-1-2-6-11(10)14(16)19/h1-7,15H,8H2. The minimum atomic E-state index is -0.679. The minimum Gasteiger partial charge on any atom is -0.365 e. The number of hydroxylamine groups is 2. The normalized spacial score (nSPS) is 13.5. The fourth-order valence-corrected chi connectivity index (χ4v) is 2.02. The molecule has 20 heavy (non-hydrogen) atoms. The number of fused-ring (bicyclic) bond motifs is 1. The van der Waals surface area contributed by atoms with Crippen molar-refractivity contribution in [3.8, 4) is 0 Å². The number of hydrogen-bond acceptors (Lipinski definition) is 4. The molecule has 3 rings (SSSR count). The molecular weight excluding hydrogens is 260 g/mol. The highest BCUT2D eigenvalue weighted by Gasteiger charge is 2.38. The van der Waals surface area contributed by atoms with Crippen LogP contribution in [0.2, 0.25) is 0 Å². The van der Waals surface area contributed by atoms with E-state index < -0.39 is 17.8 Å². The van der Waals surface area contributed by atoms with Crippen LogP contribution < -0.4 is 0 Å². The second kappa shape index (κ2) is 4.65. The summed E-state index contributed by atoms with van der Waals surface area (Å²) in [4.78, 5) is 43.4. The first kappa shape index (κ1) is 12.2. The van der Waals surface area contributed by atoms with Gasteiger partial charge in [-0.25, -0.2) is 4.79 Å². The number of benzene rings is 1. The summed E-state index contributed by atoms with van der Waals surface area (Å²) in [6.45, 7) is 0. The molecule has 0 fully saturated rings. The largest absolute Gasteiger partial charge is 0.365 e. The predicted octanol–water partition coefficient (Wildman–Crippen LogP) is 1.31. The van der Waals surface area contributed by atoms with E-state index in [2.05, 4.69) is 4.98 Å². The average molecular weight is 270 g/mol. The Morgan fingerprint density at radius 2 is 1.70 bits per heavy atom. The fraction of sp³-hybridized carbons (Fsp3) is 0.0714. The molecule has 1 aliphatic rings. The van der Waals surface area contributed by atoms with Gasteiger partial charge < -0.3 is 9.82 Å². The number of H-pyrrole nitrogens is 1. The lowest BCUT2D eigenvalue weighted by atomic mass is 10.1. The molecule has 0 saturated heterocycles. The van der Waals surface area contributed by atoms with Crippen LogP contribution in [0.25, 0.3) is 0 Å². The van der Waals surface area contributed by atoms with Crippen molar-refractivity contribution in [1.82, 2.24) is 10.0 Å². The highest BCUT2D eigenvalue weighted by atomic mass is 16.7. The van der Waals surface area contributed by atoms with Crippen LogP contribution in [-0.2, 0) is 16.1 Å². The third kappa shape index (κ3) is 1.97. The number of hydrogen-bond donors (Lipinski definition) is 1. The van der Waals surface area contributed by atoms with E-state index in [-0.39, 0.29) is 17.5 Å². The van der Waals surface area contributed by atoms with E-state index >= 15 is 0 Å². The third-order valence-corrected chi connectivity index (χ3v) is 2.95. The van der Waals surface area contributed by atoms with Crippen LogP contribution in [0.15, 0.2) is 42.6 Å². The first-order chi connectivity index (χ1) is 9.66. The molecule has 2 aromatic rings. The Labute approximate surface area is 113 Å². The van der Waals surface area contributed by atoms with E-state index in [0.29, 0.717) is 10.8 Å². The third-order valence-electron chi connectivity index (χ3n) is 2.95. The Morgan fingerprint density at radius 3 is 2.25 bits per heavy atom. The predicted molar refractivity (Wildman–Crippen MR) is 67.5 cm³/mol. The van der Waals surface area contributed by atoms with Crippen molar-refractivity contribution in [1.29, 1.82) is 0 Å². The zero-order chi connectivity index (χ0) is 14.1. The number of nitrogens with one attached hydrogen (secondary N) is 1. The number of rotatable bonds is 3. The van der Waals surface area contributed by atoms with E-state index in [9.17, 15) is 14.4 Å². The smallest absolute Gasteiger partial charge is 0.339 e. The molecule has 0 saturated carbocycles. The lowest BCUT2D eigenvalue weighted by Gasteiger charge is -2.12. The Hall–Kier alpha value is -2.89. The van der Waals surface area contributed by atoms with Crippen molar-refractivity contribution >= 4 is 17.8 Å². The maximum Gasteiger partial charge on any atom is 0.339 e. The Kier molecular flexibility index (Phi) is 2.83.